The van der Waals surface area contributed by atoms with Gasteiger partial charge in [-0.05, 0) is 37.3 Å². The fourth-order valence-corrected chi connectivity index (χ4v) is 1.84. The number of rotatable bonds is 4. The van der Waals surface area contributed by atoms with E-state index in [1.54, 1.807) is 36.6 Å². The third-order valence-corrected chi connectivity index (χ3v) is 2.76. The van der Waals surface area contributed by atoms with Crippen molar-refractivity contribution in [3.63, 3.8) is 0 Å². The lowest BCUT2D eigenvalue weighted by Crippen LogP contribution is -1.92. The van der Waals surface area contributed by atoms with Crippen molar-refractivity contribution in [3.8, 4) is 34.5 Å². The number of aromatic nitrogens is 3. The maximum absolute atomic E-state index is 9.68. The van der Waals surface area contributed by atoms with Crippen molar-refractivity contribution in [1.82, 2.24) is 15.2 Å². The molecular formula is C14H13N3O3. The van der Waals surface area contributed by atoms with Gasteiger partial charge in [0.05, 0.1) is 12.9 Å². The maximum atomic E-state index is 9.68. The molecule has 2 heterocycles. The molecule has 0 amide bonds. The number of phenols is 1. The first kappa shape index (κ1) is 12.3. The highest BCUT2D eigenvalue weighted by molar-refractivity contribution is 5.62. The Balaban J connectivity index is 1.95. The van der Waals surface area contributed by atoms with Crippen molar-refractivity contribution in [2.75, 3.05) is 6.61 Å². The zero-order valence-corrected chi connectivity index (χ0v) is 10.8. The first-order valence-electron chi connectivity index (χ1n) is 6.20. The van der Waals surface area contributed by atoms with Crippen molar-refractivity contribution < 1.29 is 14.3 Å². The molecule has 2 N–H and O–H groups in total. The van der Waals surface area contributed by atoms with E-state index in [9.17, 15) is 5.11 Å². The van der Waals surface area contributed by atoms with Gasteiger partial charge in [0.2, 0.25) is 0 Å². The summed E-state index contributed by atoms with van der Waals surface area (Å²) in [5.41, 5.74) is 0.750. The number of benzene rings is 1. The SMILES string of the molecule is CCOc1cc(-c2n[nH]c(-c3ccco3)n2)ccc1O. The lowest BCUT2D eigenvalue weighted by molar-refractivity contribution is 0.318. The van der Waals surface area contributed by atoms with Gasteiger partial charge in [-0.1, -0.05) is 0 Å². The summed E-state index contributed by atoms with van der Waals surface area (Å²) in [5.74, 6) is 2.19. The van der Waals surface area contributed by atoms with Gasteiger partial charge in [-0.15, -0.1) is 0 Å². The highest BCUT2D eigenvalue weighted by Gasteiger charge is 2.12. The Morgan fingerprint density at radius 3 is 3.00 bits per heavy atom. The molecule has 3 rings (SSSR count). The van der Waals surface area contributed by atoms with Gasteiger partial charge < -0.3 is 14.3 Å². The minimum absolute atomic E-state index is 0.0948. The normalized spacial score (nSPS) is 10.7. The Morgan fingerprint density at radius 1 is 1.35 bits per heavy atom. The molecule has 0 spiro atoms. The van der Waals surface area contributed by atoms with Crippen LogP contribution in [0.15, 0.2) is 41.0 Å². The summed E-state index contributed by atoms with van der Waals surface area (Å²) >= 11 is 0. The minimum atomic E-state index is 0.0948. The summed E-state index contributed by atoms with van der Waals surface area (Å²) in [6.07, 6.45) is 1.57. The van der Waals surface area contributed by atoms with E-state index in [4.69, 9.17) is 9.15 Å². The zero-order chi connectivity index (χ0) is 13.9. The van der Waals surface area contributed by atoms with Gasteiger partial charge in [0, 0.05) is 5.56 Å². The minimum Gasteiger partial charge on any atom is -0.504 e. The molecule has 0 aliphatic heterocycles. The van der Waals surface area contributed by atoms with E-state index in [-0.39, 0.29) is 5.75 Å². The smallest absolute Gasteiger partial charge is 0.192 e. The number of nitrogens with one attached hydrogen (secondary N) is 1. The molecule has 2 aromatic heterocycles. The monoisotopic (exact) mass is 271 g/mol. The van der Waals surface area contributed by atoms with Crippen LogP contribution in [0.2, 0.25) is 0 Å². The van der Waals surface area contributed by atoms with E-state index >= 15 is 0 Å². The van der Waals surface area contributed by atoms with Gasteiger partial charge in [-0.3, -0.25) is 5.10 Å². The quantitative estimate of drug-likeness (QED) is 0.762. The summed E-state index contributed by atoms with van der Waals surface area (Å²) in [5, 5.41) is 16.6. The molecule has 3 aromatic rings. The first-order chi connectivity index (χ1) is 9.78. The number of phenolic OH excluding ortho intramolecular Hbond substituents is 1. The van der Waals surface area contributed by atoms with Crippen LogP contribution in [0.5, 0.6) is 11.5 Å². The number of hydrogen-bond acceptors (Lipinski definition) is 5. The van der Waals surface area contributed by atoms with Crippen molar-refractivity contribution >= 4 is 0 Å². The van der Waals surface area contributed by atoms with E-state index < -0.39 is 0 Å². The Labute approximate surface area is 115 Å². The number of ether oxygens (including phenoxy) is 1. The van der Waals surface area contributed by atoms with Crippen LogP contribution in [0, 0.1) is 0 Å². The van der Waals surface area contributed by atoms with Crippen LogP contribution in [0.3, 0.4) is 0 Å². The van der Waals surface area contributed by atoms with E-state index in [0.717, 1.165) is 5.56 Å². The Bertz CT molecular complexity index is 704. The van der Waals surface area contributed by atoms with Crippen LogP contribution < -0.4 is 4.74 Å². The summed E-state index contributed by atoms with van der Waals surface area (Å²) in [4.78, 5) is 4.36. The molecule has 1 aromatic carbocycles. The summed E-state index contributed by atoms with van der Waals surface area (Å²) in [6.45, 7) is 2.33. The highest BCUT2D eigenvalue weighted by Crippen LogP contribution is 2.31. The Hall–Kier alpha value is -2.76. The van der Waals surface area contributed by atoms with Gasteiger partial charge in [0.15, 0.2) is 28.9 Å². The Morgan fingerprint density at radius 2 is 2.25 bits per heavy atom. The largest absolute Gasteiger partial charge is 0.504 e. The number of aromatic hydroxyl groups is 1. The molecule has 6 nitrogen and oxygen atoms in total. The Kier molecular flexibility index (Phi) is 3.12. The fourth-order valence-electron chi connectivity index (χ4n) is 1.84. The molecule has 0 saturated carbocycles. The molecular weight excluding hydrogens is 258 g/mol. The molecule has 0 aliphatic rings. The van der Waals surface area contributed by atoms with Gasteiger partial charge in [0.25, 0.3) is 0 Å². The predicted molar refractivity (Wildman–Crippen MR) is 72.4 cm³/mol. The number of H-pyrrole nitrogens is 1. The molecule has 0 bridgehead atoms. The van der Waals surface area contributed by atoms with Crippen LogP contribution in [0.25, 0.3) is 23.0 Å². The second-order valence-electron chi connectivity index (χ2n) is 4.10. The second kappa shape index (κ2) is 5.08. The zero-order valence-electron chi connectivity index (χ0n) is 10.8. The highest BCUT2D eigenvalue weighted by atomic mass is 16.5. The van der Waals surface area contributed by atoms with Crippen LogP contribution in [0.4, 0.5) is 0 Å². The van der Waals surface area contributed by atoms with E-state index in [0.29, 0.717) is 29.8 Å². The number of nitrogens with zero attached hydrogens (tertiary/aromatic N) is 2. The lowest BCUT2D eigenvalue weighted by Gasteiger charge is -2.06. The summed E-state index contributed by atoms with van der Waals surface area (Å²) < 4.78 is 10.6. The predicted octanol–water partition coefficient (Wildman–Crippen LogP) is 2.84. The third-order valence-electron chi connectivity index (χ3n) is 2.76. The van der Waals surface area contributed by atoms with E-state index in [1.807, 2.05) is 6.92 Å². The molecule has 20 heavy (non-hydrogen) atoms. The average Bonchev–Trinajstić information content (AvgIpc) is 3.11. The van der Waals surface area contributed by atoms with Crippen molar-refractivity contribution in [1.29, 1.82) is 0 Å². The summed E-state index contributed by atoms with van der Waals surface area (Å²) in [7, 11) is 0. The topological polar surface area (TPSA) is 84.2 Å². The lowest BCUT2D eigenvalue weighted by atomic mass is 10.2. The fraction of sp³-hybridized carbons (Fsp3) is 0.143. The standard InChI is InChI=1S/C14H13N3O3/c1-2-19-12-8-9(5-6-10(12)18)13-15-14(17-16-13)11-4-3-7-20-11/h3-8,18H,2H2,1H3,(H,15,16,17). The number of furan rings is 1. The average molecular weight is 271 g/mol. The maximum Gasteiger partial charge on any atom is 0.192 e. The van der Waals surface area contributed by atoms with Crippen LogP contribution >= 0.6 is 0 Å². The second-order valence-corrected chi connectivity index (χ2v) is 4.10. The first-order valence-corrected chi connectivity index (χ1v) is 6.20. The van der Waals surface area contributed by atoms with Gasteiger partial charge >= 0.3 is 0 Å². The van der Waals surface area contributed by atoms with E-state index in [2.05, 4.69) is 15.2 Å². The van der Waals surface area contributed by atoms with Crippen molar-refractivity contribution in [2.24, 2.45) is 0 Å². The molecule has 0 fully saturated rings. The summed E-state index contributed by atoms with van der Waals surface area (Å²) in [6, 6.07) is 8.57. The van der Waals surface area contributed by atoms with Crippen LogP contribution in [0.1, 0.15) is 6.92 Å². The van der Waals surface area contributed by atoms with E-state index in [1.165, 1.54) is 0 Å². The molecule has 0 unspecified atom stereocenters. The molecule has 0 atom stereocenters. The van der Waals surface area contributed by atoms with Gasteiger partial charge in [-0.25, -0.2) is 4.98 Å². The van der Waals surface area contributed by atoms with Crippen molar-refractivity contribution in [2.45, 2.75) is 6.92 Å². The third kappa shape index (κ3) is 2.23. The number of aromatic amines is 1. The molecule has 0 aliphatic carbocycles. The van der Waals surface area contributed by atoms with Crippen LogP contribution in [-0.4, -0.2) is 26.9 Å². The van der Waals surface area contributed by atoms with Gasteiger partial charge in [-0.2, -0.15) is 5.10 Å². The van der Waals surface area contributed by atoms with Crippen molar-refractivity contribution in [3.05, 3.63) is 36.6 Å². The van der Waals surface area contributed by atoms with Crippen LogP contribution in [-0.2, 0) is 0 Å². The molecule has 102 valence electrons. The molecule has 0 radical (unpaired) electrons. The molecule has 0 saturated heterocycles. The molecule has 6 heteroatoms. The number of hydrogen-bond donors (Lipinski definition) is 2. The van der Waals surface area contributed by atoms with Gasteiger partial charge in [0.1, 0.15) is 0 Å².